The molecule has 0 spiro atoms. The topological polar surface area (TPSA) is 88.2 Å². The van der Waals surface area contributed by atoms with Gasteiger partial charge < -0.3 is 9.50 Å². The average Bonchev–Trinajstić information content (AvgIpc) is 2.81. The molecule has 8 nitrogen and oxygen atoms in total. The maximum atomic E-state index is 12.9. The number of anilines is 2. The fourth-order valence-electron chi connectivity index (χ4n) is 3.51. The van der Waals surface area contributed by atoms with Crippen LogP contribution in [0.4, 0.5) is 27.5 Å². The highest BCUT2D eigenvalue weighted by Crippen LogP contribution is 2.35. The van der Waals surface area contributed by atoms with E-state index in [0.717, 1.165) is 22.3 Å². The van der Waals surface area contributed by atoms with Gasteiger partial charge in [-0.2, -0.15) is 0 Å². The summed E-state index contributed by atoms with van der Waals surface area (Å²) in [6, 6.07) is 13.6. The lowest BCUT2D eigenvalue weighted by Crippen LogP contribution is -2.34. The second kappa shape index (κ2) is 11.2. The van der Waals surface area contributed by atoms with Gasteiger partial charge in [-0.05, 0) is 62.6 Å². The van der Waals surface area contributed by atoms with Crippen LogP contribution < -0.4 is 20.4 Å². The van der Waals surface area contributed by atoms with Crippen molar-refractivity contribution in [1.29, 1.82) is 0 Å². The standard InChI is InChI=1S/C26H25N5O3S/c1-16-7-9-21(10-8-16)29-26(32)31-30-22-14-24(28-6)23(27-5)13-20(22)15-35(33)34-25-18(3)11-17(2)12-19(25)4/h7-14,30H,15H2,1-4H3,(H2,29,31,32). The third-order valence-electron chi connectivity index (χ3n) is 5.12. The summed E-state index contributed by atoms with van der Waals surface area (Å²) in [5, 5.41) is 2.69. The summed E-state index contributed by atoms with van der Waals surface area (Å²) >= 11 is -1.78. The Balaban J connectivity index is 1.79. The molecule has 178 valence electrons. The second-order valence-corrected chi connectivity index (χ2v) is 9.11. The molecule has 0 bridgehead atoms. The Kier molecular flexibility index (Phi) is 8.08. The van der Waals surface area contributed by atoms with Crippen LogP contribution in [0, 0.1) is 40.8 Å². The van der Waals surface area contributed by atoms with Crippen molar-refractivity contribution in [3.63, 3.8) is 0 Å². The lowest BCUT2D eigenvalue weighted by molar-refractivity contribution is 0.254. The zero-order valence-electron chi connectivity index (χ0n) is 19.9. The van der Waals surface area contributed by atoms with Crippen molar-refractivity contribution >= 4 is 39.9 Å². The first-order valence-electron chi connectivity index (χ1n) is 10.7. The van der Waals surface area contributed by atoms with Crippen LogP contribution in [0.3, 0.4) is 0 Å². The van der Waals surface area contributed by atoms with Gasteiger partial charge in [0, 0.05) is 11.4 Å². The molecule has 3 aromatic rings. The fraction of sp³-hybridized carbons (Fsp3) is 0.192. The summed E-state index contributed by atoms with van der Waals surface area (Å²) in [5.74, 6) is 0.485. The van der Waals surface area contributed by atoms with Gasteiger partial charge in [0.2, 0.25) is 11.1 Å². The molecule has 0 aliphatic heterocycles. The third-order valence-corrected chi connectivity index (χ3v) is 6.01. The van der Waals surface area contributed by atoms with Gasteiger partial charge in [-0.1, -0.05) is 41.5 Å². The highest BCUT2D eigenvalue weighted by Gasteiger charge is 2.16. The SMILES string of the molecule is [C-]#[N+]c1cc(CS(=O)Oc2c(C)cc(C)cc2C)c(NNC(=O)Nc2ccc(C)cc2)cc1[N+]#[C-]. The van der Waals surface area contributed by atoms with Crippen molar-refractivity contribution in [3.8, 4) is 5.75 Å². The summed E-state index contributed by atoms with van der Waals surface area (Å²) in [7, 11) is 0. The number of nitrogens with zero attached hydrogens (tertiary/aromatic N) is 2. The molecule has 0 fully saturated rings. The number of hydrogen-bond acceptors (Lipinski definition) is 4. The smallest absolute Gasteiger partial charge is 0.337 e. The Labute approximate surface area is 207 Å². The van der Waals surface area contributed by atoms with Crippen LogP contribution in [0.25, 0.3) is 9.69 Å². The van der Waals surface area contributed by atoms with Crippen molar-refractivity contribution in [2.24, 2.45) is 0 Å². The predicted molar refractivity (Wildman–Crippen MR) is 139 cm³/mol. The molecule has 9 heteroatoms. The number of carbonyl (C=O) groups excluding carboxylic acids is 1. The number of hydrogen-bond donors (Lipinski definition) is 3. The van der Waals surface area contributed by atoms with Crippen LogP contribution in [0.1, 0.15) is 27.8 Å². The molecule has 3 rings (SSSR count). The van der Waals surface area contributed by atoms with E-state index in [2.05, 4.69) is 25.9 Å². The number of aryl methyl sites for hydroxylation is 4. The van der Waals surface area contributed by atoms with Crippen LogP contribution in [0.15, 0.2) is 48.5 Å². The molecule has 0 radical (unpaired) electrons. The predicted octanol–water partition coefficient (Wildman–Crippen LogP) is 6.41. The van der Waals surface area contributed by atoms with Gasteiger partial charge in [0.25, 0.3) is 0 Å². The Hall–Kier alpha value is -4.34. The molecule has 0 saturated carbocycles. The number of nitrogens with one attached hydrogen (secondary N) is 3. The zero-order chi connectivity index (χ0) is 25.5. The van der Waals surface area contributed by atoms with Gasteiger partial charge in [-0.25, -0.2) is 9.00 Å². The van der Waals surface area contributed by atoms with Crippen molar-refractivity contribution in [1.82, 2.24) is 5.43 Å². The first-order valence-corrected chi connectivity index (χ1v) is 11.9. The molecule has 0 heterocycles. The third kappa shape index (κ3) is 6.59. The minimum absolute atomic E-state index is 0.0584. The summed E-state index contributed by atoms with van der Waals surface area (Å²) in [6.07, 6.45) is 0. The highest BCUT2D eigenvalue weighted by atomic mass is 32.2. The number of hydrazine groups is 1. The Morgan fingerprint density at radius 1 is 0.914 bits per heavy atom. The minimum Gasteiger partial charge on any atom is -0.400 e. The number of benzene rings is 3. The molecule has 1 atom stereocenters. The van der Waals surface area contributed by atoms with Crippen LogP contribution in [0.5, 0.6) is 5.75 Å². The maximum Gasteiger partial charge on any atom is 0.337 e. The largest absolute Gasteiger partial charge is 0.400 e. The van der Waals surface area contributed by atoms with E-state index in [1.807, 2.05) is 52.0 Å². The van der Waals surface area contributed by atoms with E-state index >= 15 is 0 Å². The van der Waals surface area contributed by atoms with Crippen molar-refractivity contribution in [3.05, 3.63) is 99.2 Å². The molecule has 0 saturated heterocycles. The molecule has 3 N–H and O–H groups in total. The van der Waals surface area contributed by atoms with Crippen LogP contribution >= 0.6 is 0 Å². The number of carbonyl (C=O) groups is 1. The van der Waals surface area contributed by atoms with E-state index in [-0.39, 0.29) is 17.1 Å². The second-order valence-electron chi connectivity index (χ2n) is 8.05. The van der Waals surface area contributed by atoms with E-state index in [1.54, 1.807) is 12.1 Å². The quantitative estimate of drug-likeness (QED) is 0.265. The van der Waals surface area contributed by atoms with E-state index in [4.69, 9.17) is 17.3 Å². The normalized spacial score (nSPS) is 11.0. The summed E-state index contributed by atoms with van der Waals surface area (Å²) in [6.45, 7) is 22.4. The molecule has 1 unspecified atom stereocenters. The Bertz CT molecular complexity index is 1350. The molecule has 0 aromatic heterocycles. The van der Waals surface area contributed by atoms with Gasteiger partial charge in [-0.15, -0.1) is 0 Å². The molecule has 2 amide bonds. The van der Waals surface area contributed by atoms with Crippen molar-refractivity contribution < 1.29 is 13.2 Å². The van der Waals surface area contributed by atoms with Gasteiger partial charge in [0.1, 0.15) is 5.75 Å². The van der Waals surface area contributed by atoms with Crippen LogP contribution in [0.2, 0.25) is 0 Å². The molecule has 0 aliphatic carbocycles. The van der Waals surface area contributed by atoms with E-state index in [9.17, 15) is 9.00 Å². The van der Waals surface area contributed by atoms with Gasteiger partial charge in [0.15, 0.2) is 11.4 Å². The zero-order valence-corrected chi connectivity index (χ0v) is 20.7. The monoisotopic (exact) mass is 487 g/mol. The number of urea groups is 1. The van der Waals surface area contributed by atoms with E-state index in [0.29, 0.717) is 22.7 Å². The molecular weight excluding hydrogens is 462 g/mol. The van der Waals surface area contributed by atoms with Crippen LogP contribution in [-0.2, 0) is 16.8 Å². The molecular formula is C26H25N5O3S. The Morgan fingerprint density at radius 2 is 1.51 bits per heavy atom. The maximum absolute atomic E-state index is 12.9. The Morgan fingerprint density at radius 3 is 2.11 bits per heavy atom. The van der Waals surface area contributed by atoms with Crippen LogP contribution in [-0.4, -0.2) is 10.2 Å². The number of rotatable bonds is 7. The minimum atomic E-state index is -1.78. The van der Waals surface area contributed by atoms with Gasteiger partial charge >= 0.3 is 6.03 Å². The summed E-state index contributed by atoms with van der Waals surface area (Å²) < 4.78 is 18.6. The first-order chi connectivity index (χ1) is 16.7. The van der Waals surface area contributed by atoms with Crippen molar-refractivity contribution in [2.75, 3.05) is 10.7 Å². The fourth-order valence-corrected chi connectivity index (χ4v) is 4.51. The summed E-state index contributed by atoms with van der Waals surface area (Å²) in [5.41, 5.74) is 10.8. The average molecular weight is 488 g/mol. The number of amides is 2. The van der Waals surface area contributed by atoms with E-state index in [1.165, 1.54) is 12.1 Å². The highest BCUT2D eigenvalue weighted by molar-refractivity contribution is 7.79. The van der Waals surface area contributed by atoms with E-state index < -0.39 is 17.1 Å². The van der Waals surface area contributed by atoms with Gasteiger partial charge in [-0.3, -0.25) is 20.5 Å². The first kappa shape index (κ1) is 25.3. The van der Waals surface area contributed by atoms with Gasteiger partial charge in [0.05, 0.1) is 18.9 Å². The molecule has 3 aromatic carbocycles. The molecule has 35 heavy (non-hydrogen) atoms. The van der Waals surface area contributed by atoms with Crippen molar-refractivity contribution in [2.45, 2.75) is 33.4 Å². The lowest BCUT2D eigenvalue weighted by Gasteiger charge is -2.16. The lowest BCUT2D eigenvalue weighted by atomic mass is 10.1. The summed E-state index contributed by atoms with van der Waals surface area (Å²) in [4.78, 5) is 19.1. The molecule has 0 aliphatic rings.